The third-order valence-corrected chi connectivity index (χ3v) is 3.98. The first-order valence-electron chi connectivity index (χ1n) is 7.06. The van der Waals surface area contributed by atoms with E-state index in [1.54, 1.807) is 4.90 Å². The van der Waals surface area contributed by atoms with Gasteiger partial charge >= 0.3 is 0 Å². The van der Waals surface area contributed by atoms with E-state index >= 15 is 0 Å². The molecule has 2 amide bonds. The molecule has 108 valence electrons. The van der Waals surface area contributed by atoms with E-state index in [4.69, 9.17) is 4.74 Å². The zero-order chi connectivity index (χ0) is 14.2. The Morgan fingerprint density at radius 1 is 1.37 bits per heavy atom. The summed E-state index contributed by atoms with van der Waals surface area (Å²) in [5.41, 5.74) is -0.275. The van der Waals surface area contributed by atoms with Gasteiger partial charge in [0.25, 0.3) is 0 Å². The molecule has 5 heteroatoms. The standard InChI is InChI=1S/C14H24N2O3/c1-5-10-12(17)15-11(14(2,3)4)13(18)16(10)9-6-7-19-8-9/h9-11H,5-8H2,1-4H3,(H,15,17). The molecule has 2 saturated heterocycles. The van der Waals surface area contributed by atoms with Gasteiger partial charge in [-0.3, -0.25) is 9.59 Å². The van der Waals surface area contributed by atoms with Crippen LogP contribution in [0.15, 0.2) is 0 Å². The van der Waals surface area contributed by atoms with Crippen molar-refractivity contribution in [1.82, 2.24) is 10.2 Å². The van der Waals surface area contributed by atoms with Crippen LogP contribution in [0, 0.1) is 5.41 Å². The second-order valence-corrected chi connectivity index (χ2v) is 6.49. The van der Waals surface area contributed by atoms with Crippen LogP contribution in [0.25, 0.3) is 0 Å². The highest BCUT2D eigenvalue weighted by atomic mass is 16.5. The molecular formula is C14H24N2O3. The number of piperazine rings is 1. The normalized spacial score (nSPS) is 32.6. The lowest BCUT2D eigenvalue weighted by atomic mass is 9.83. The molecule has 19 heavy (non-hydrogen) atoms. The molecule has 0 aromatic rings. The maximum absolute atomic E-state index is 12.7. The molecule has 2 rings (SSSR count). The molecule has 3 atom stereocenters. The minimum absolute atomic E-state index is 0.0334. The maximum Gasteiger partial charge on any atom is 0.246 e. The molecule has 0 bridgehead atoms. The van der Waals surface area contributed by atoms with Crippen LogP contribution in [0.1, 0.15) is 40.5 Å². The van der Waals surface area contributed by atoms with E-state index < -0.39 is 6.04 Å². The second kappa shape index (κ2) is 5.12. The SMILES string of the molecule is CCC1C(=O)NC(C(C)(C)C)C(=O)N1C1CCOC1. The van der Waals surface area contributed by atoms with E-state index in [9.17, 15) is 9.59 Å². The summed E-state index contributed by atoms with van der Waals surface area (Å²) >= 11 is 0. The third kappa shape index (κ3) is 2.61. The van der Waals surface area contributed by atoms with Gasteiger partial charge in [-0.1, -0.05) is 27.7 Å². The van der Waals surface area contributed by atoms with Crippen molar-refractivity contribution in [3.05, 3.63) is 0 Å². The molecule has 0 spiro atoms. The van der Waals surface area contributed by atoms with Gasteiger partial charge in [0.15, 0.2) is 0 Å². The van der Waals surface area contributed by atoms with Gasteiger partial charge in [0.05, 0.1) is 12.6 Å². The monoisotopic (exact) mass is 268 g/mol. The summed E-state index contributed by atoms with van der Waals surface area (Å²) in [6.45, 7) is 9.10. The Bertz CT molecular complexity index is 369. The van der Waals surface area contributed by atoms with Crippen LogP contribution in [0.5, 0.6) is 0 Å². The number of amides is 2. The predicted octanol–water partition coefficient (Wildman–Crippen LogP) is 0.927. The zero-order valence-corrected chi connectivity index (χ0v) is 12.2. The van der Waals surface area contributed by atoms with Gasteiger partial charge in [0.1, 0.15) is 12.1 Å². The van der Waals surface area contributed by atoms with Gasteiger partial charge < -0.3 is 15.0 Å². The quantitative estimate of drug-likeness (QED) is 0.810. The van der Waals surface area contributed by atoms with Crippen molar-refractivity contribution in [1.29, 1.82) is 0 Å². The average Bonchev–Trinajstić information content (AvgIpc) is 2.82. The Morgan fingerprint density at radius 2 is 2.05 bits per heavy atom. The summed E-state index contributed by atoms with van der Waals surface area (Å²) in [5, 5.41) is 2.89. The number of carbonyl (C=O) groups excluding carboxylic acids is 2. The Hall–Kier alpha value is -1.10. The summed E-state index contributed by atoms with van der Waals surface area (Å²) in [6, 6.07) is -0.741. The van der Waals surface area contributed by atoms with Gasteiger partial charge in [-0.05, 0) is 18.3 Å². The maximum atomic E-state index is 12.7. The van der Waals surface area contributed by atoms with Crippen LogP contribution in [0.2, 0.25) is 0 Å². The van der Waals surface area contributed by atoms with Crippen molar-refractivity contribution in [3.8, 4) is 0 Å². The molecule has 2 aliphatic heterocycles. The molecule has 5 nitrogen and oxygen atoms in total. The van der Waals surface area contributed by atoms with E-state index in [0.29, 0.717) is 19.6 Å². The van der Waals surface area contributed by atoms with Gasteiger partial charge in [-0.2, -0.15) is 0 Å². The third-order valence-electron chi connectivity index (χ3n) is 3.98. The van der Waals surface area contributed by atoms with Crippen molar-refractivity contribution >= 4 is 11.8 Å². The van der Waals surface area contributed by atoms with E-state index in [-0.39, 0.29) is 29.3 Å². The number of nitrogens with zero attached hydrogens (tertiary/aromatic N) is 1. The fourth-order valence-electron chi connectivity index (χ4n) is 2.87. The lowest BCUT2D eigenvalue weighted by Gasteiger charge is -2.45. The van der Waals surface area contributed by atoms with Crippen LogP contribution in [-0.2, 0) is 14.3 Å². The molecular weight excluding hydrogens is 244 g/mol. The van der Waals surface area contributed by atoms with Crippen molar-refractivity contribution < 1.29 is 14.3 Å². The van der Waals surface area contributed by atoms with Gasteiger partial charge in [-0.15, -0.1) is 0 Å². The minimum Gasteiger partial charge on any atom is -0.379 e. The molecule has 0 radical (unpaired) electrons. The van der Waals surface area contributed by atoms with Gasteiger partial charge in [0, 0.05) is 6.61 Å². The van der Waals surface area contributed by atoms with Crippen LogP contribution >= 0.6 is 0 Å². The molecule has 2 fully saturated rings. The van der Waals surface area contributed by atoms with Crippen molar-refractivity contribution in [3.63, 3.8) is 0 Å². The van der Waals surface area contributed by atoms with Crippen LogP contribution < -0.4 is 5.32 Å². The number of rotatable bonds is 2. The van der Waals surface area contributed by atoms with Crippen LogP contribution in [0.3, 0.4) is 0 Å². The van der Waals surface area contributed by atoms with Crippen LogP contribution in [-0.4, -0.2) is 48.1 Å². The Morgan fingerprint density at radius 3 is 2.53 bits per heavy atom. The first kappa shape index (κ1) is 14.3. The molecule has 3 unspecified atom stereocenters. The lowest BCUT2D eigenvalue weighted by Crippen LogP contribution is -2.68. The van der Waals surface area contributed by atoms with E-state index in [1.807, 2.05) is 27.7 Å². The Kier molecular flexibility index (Phi) is 3.85. The van der Waals surface area contributed by atoms with Gasteiger partial charge in [-0.25, -0.2) is 0 Å². The molecule has 0 aliphatic carbocycles. The number of hydrogen-bond donors (Lipinski definition) is 1. The highest BCUT2D eigenvalue weighted by Crippen LogP contribution is 2.29. The summed E-state index contributed by atoms with van der Waals surface area (Å²) in [4.78, 5) is 26.8. The second-order valence-electron chi connectivity index (χ2n) is 6.49. The number of hydrogen-bond acceptors (Lipinski definition) is 3. The van der Waals surface area contributed by atoms with Crippen molar-refractivity contribution in [2.24, 2.45) is 5.41 Å². The first-order valence-corrected chi connectivity index (χ1v) is 7.06. The summed E-state index contributed by atoms with van der Waals surface area (Å²) in [6.07, 6.45) is 1.47. The smallest absolute Gasteiger partial charge is 0.246 e. The highest BCUT2D eigenvalue weighted by Gasteiger charge is 2.47. The van der Waals surface area contributed by atoms with E-state index in [2.05, 4.69) is 5.32 Å². The molecule has 2 heterocycles. The summed E-state index contributed by atoms with van der Waals surface area (Å²) in [5.74, 6) is 0.00313. The topological polar surface area (TPSA) is 58.6 Å². The van der Waals surface area contributed by atoms with Crippen molar-refractivity contribution in [2.75, 3.05) is 13.2 Å². The summed E-state index contributed by atoms with van der Waals surface area (Å²) in [7, 11) is 0. The van der Waals surface area contributed by atoms with Crippen LogP contribution in [0.4, 0.5) is 0 Å². The average molecular weight is 268 g/mol. The number of carbonyl (C=O) groups is 2. The predicted molar refractivity (Wildman–Crippen MR) is 71.5 cm³/mol. The Labute approximate surface area is 114 Å². The molecule has 0 aromatic carbocycles. The Balaban J connectivity index is 2.28. The molecule has 0 aromatic heterocycles. The number of ether oxygens (including phenoxy) is 1. The first-order chi connectivity index (χ1) is 8.86. The summed E-state index contributed by atoms with van der Waals surface area (Å²) < 4.78 is 5.38. The molecule has 0 saturated carbocycles. The zero-order valence-electron chi connectivity index (χ0n) is 12.2. The van der Waals surface area contributed by atoms with E-state index in [0.717, 1.165) is 6.42 Å². The largest absolute Gasteiger partial charge is 0.379 e. The number of nitrogens with one attached hydrogen (secondary N) is 1. The fraction of sp³-hybridized carbons (Fsp3) is 0.857. The van der Waals surface area contributed by atoms with Crippen molar-refractivity contribution in [2.45, 2.75) is 58.7 Å². The van der Waals surface area contributed by atoms with E-state index in [1.165, 1.54) is 0 Å². The molecule has 2 aliphatic rings. The molecule has 1 N–H and O–H groups in total. The van der Waals surface area contributed by atoms with Gasteiger partial charge in [0.2, 0.25) is 11.8 Å². The lowest BCUT2D eigenvalue weighted by molar-refractivity contribution is -0.155. The fourth-order valence-corrected chi connectivity index (χ4v) is 2.87. The minimum atomic E-state index is -0.441. The highest BCUT2D eigenvalue weighted by molar-refractivity contribution is 5.97.